The van der Waals surface area contributed by atoms with E-state index >= 15 is 0 Å². The standard InChI is InChI=1S/C9H9F3N2O2/c1-14-8(15,9(10,11)12)5-6(13-14)7-3-2-4-16-7/h2-4,15H,5H2,1H3/t8-/m0/s1. The summed E-state index contributed by atoms with van der Waals surface area (Å²) in [7, 11) is 1.07. The monoisotopic (exact) mass is 234 g/mol. The number of alkyl halides is 3. The number of hydrazone groups is 1. The highest BCUT2D eigenvalue weighted by atomic mass is 19.4. The number of rotatable bonds is 1. The van der Waals surface area contributed by atoms with Crippen LogP contribution in [0.2, 0.25) is 0 Å². The molecule has 1 atom stereocenters. The summed E-state index contributed by atoms with van der Waals surface area (Å²) in [4.78, 5) is 0. The summed E-state index contributed by atoms with van der Waals surface area (Å²) in [6.07, 6.45) is -4.07. The van der Waals surface area contributed by atoms with E-state index in [0.29, 0.717) is 5.01 Å². The summed E-state index contributed by atoms with van der Waals surface area (Å²) >= 11 is 0. The van der Waals surface area contributed by atoms with Crippen LogP contribution in [0.4, 0.5) is 13.2 Å². The first-order valence-corrected chi connectivity index (χ1v) is 4.49. The molecule has 0 radical (unpaired) electrons. The Bertz CT molecular complexity index is 413. The molecule has 1 aromatic rings. The van der Waals surface area contributed by atoms with Gasteiger partial charge in [-0.05, 0) is 12.1 Å². The molecule has 1 aromatic heterocycles. The van der Waals surface area contributed by atoms with E-state index < -0.39 is 18.3 Å². The van der Waals surface area contributed by atoms with Crippen molar-refractivity contribution in [1.82, 2.24) is 5.01 Å². The van der Waals surface area contributed by atoms with Gasteiger partial charge >= 0.3 is 6.18 Å². The van der Waals surface area contributed by atoms with Crippen LogP contribution in [-0.4, -0.2) is 34.8 Å². The Morgan fingerprint density at radius 2 is 2.25 bits per heavy atom. The zero-order valence-corrected chi connectivity index (χ0v) is 8.32. The van der Waals surface area contributed by atoms with Crippen LogP contribution >= 0.6 is 0 Å². The van der Waals surface area contributed by atoms with Crippen LogP contribution in [0, 0.1) is 0 Å². The molecule has 16 heavy (non-hydrogen) atoms. The fourth-order valence-electron chi connectivity index (χ4n) is 1.51. The van der Waals surface area contributed by atoms with Crippen molar-refractivity contribution in [3.05, 3.63) is 24.2 Å². The lowest BCUT2D eigenvalue weighted by Crippen LogP contribution is -2.53. The van der Waals surface area contributed by atoms with Crippen LogP contribution < -0.4 is 0 Å². The third kappa shape index (κ3) is 1.47. The van der Waals surface area contributed by atoms with Gasteiger partial charge in [0.25, 0.3) is 5.72 Å². The number of halogens is 3. The maximum absolute atomic E-state index is 12.6. The Morgan fingerprint density at radius 3 is 2.69 bits per heavy atom. The normalized spacial score (nSPS) is 26.1. The van der Waals surface area contributed by atoms with Crippen LogP contribution in [0.5, 0.6) is 0 Å². The molecule has 4 nitrogen and oxygen atoms in total. The smallest absolute Gasteiger partial charge is 0.438 e. The van der Waals surface area contributed by atoms with Gasteiger partial charge in [0, 0.05) is 7.05 Å². The molecule has 0 aliphatic carbocycles. The first-order chi connectivity index (χ1) is 7.34. The van der Waals surface area contributed by atoms with Crippen molar-refractivity contribution in [3.8, 4) is 0 Å². The molecule has 0 unspecified atom stereocenters. The quantitative estimate of drug-likeness (QED) is 0.802. The lowest BCUT2D eigenvalue weighted by molar-refractivity contribution is -0.303. The summed E-state index contributed by atoms with van der Waals surface area (Å²) in [5.41, 5.74) is -2.87. The summed E-state index contributed by atoms with van der Waals surface area (Å²) in [5.74, 6) is 0.229. The molecule has 0 aromatic carbocycles. The van der Waals surface area contributed by atoms with Gasteiger partial charge in [0.15, 0.2) is 0 Å². The minimum absolute atomic E-state index is 0.0762. The van der Waals surface area contributed by atoms with Crippen molar-refractivity contribution in [2.24, 2.45) is 5.10 Å². The zero-order chi connectivity index (χ0) is 12.0. The first-order valence-electron chi connectivity index (χ1n) is 4.49. The fourth-order valence-corrected chi connectivity index (χ4v) is 1.51. The summed E-state index contributed by atoms with van der Waals surface area (Å²) < 4.78 is 42.8. The van der Waals surface area contributed by atoms with E-state index in [9.17, 15) is 18.3 Å². The first kappa shape index (κ1) is 11.0. The fraction of sp³-hybridized carbons (Fsp3) is 0.444. The second-order valence-corrected chi connectivity index (χ2v) is 3.54. The molecule has 7 heteroatoms. The third-order valence-corrected chi connectivity index (χ3v) is 2.48. The van der Waals surface area contributed by atoms with Crippen molar-refractivity contribution >= 4 is 5.71 Å². The molecule has 0 amide bonds. The van der Waals surface area contributed by atoms with E-state index in [0.717, 1.165) is 7.05 Å². The lowest BCUT2D eigenvalue weighted by atomic mass is 10.1. The SMILES string of the molecule is CN1N=C(c2ccco2)C[C@]1(O)C(F)(F)F. The average molecular weight is 234 g/mol. The maximum atomic E-state index is 12.6. The Kier molecular flexibility index (Phi) is 2.23. The number of furan rings is 1. The van der Waals surface area contributed by atoms with Gasteiger partial charge in [-0.2, -0.15) is 18.3 Å². The molecule has 88 valence electrons. The second-order valence-electron chi connectivity index (χ2n) is 3.54. The van der Waals surface area contributed by atoms with Gasteiger partial charge in [0.05, 0.1) is 12.7 Å². The van der Waals surface area contributed by atoms with Gasteiger partial charge in [-0.15, -0.1) is 0 Å². The topological polar surface area (TPSA) is 49.0 Å². The van der Waals surface area contributed by atoms with Crippen LogP contribution in [0.3, 0.4) is 0 Å². The van der Waals surface area contributed by atoms with E-state index in [2.05, 4.69) is 5.10 Å². The number of hydrogen-bond donors (Lipinski definition) is 1. The highest BCUT2D eigenvalue weighted by Crippen LogP contribution is 2.40. The van der Waals surface area contributed by atoms with Crippen molar-refractivity contribution in [2.45, 2.75) is 18.3 Å². The molecule has 0 fully saturated rings. The molecule has 2 rings (SSSR count). The van der Waals surface area contributed by atoms with Gasteiger partial charge in [-0.3, -0.25) is 5.01 Å². The molecule has 2 heterocycles. The number of nitrogens with zero attached hydrogens (tertiary/aromatic N) is 2. The van der Waals surface area contributed by atoms with Crippen molar-refractivity contribution in [1.29, 1.82) is 0 Å². The molecular weight excluding hydrogens is 225 g/mol. The van der Waals surface area contributed by atoms with E-state index in [-0.39, 0.29) is 11.5 Å². The van der Waals surface area contributed by atoms with E-state index in [1.54, 1.807) is 6.07 Å². The van der Waals surface area contributed by atoms with Crippen LogP contribution in [0.15, 0.2) is 27.9 Å². The van der Waals surface area contributed by atoms with E-state index in [1.165, 1.54) is 12.3 Å². The highest BCUT2D eigenvalue weighted by molar-refractivity contribution is 5.99. The predicted molar refractivity (Wildman–Crippen MR) is 48.6 cm³/mol. The molecular formula is C9H9F3N2O2. The molecule has 0 bridgehead atoms. The van der Waals surface area contributed by atoms with E-state index in [1.807, 2.05) is 0 Å². The van der Waals surface area contributed by atoms with Crippen molar-refractivity contribution in [2.75, 3.05) is 7.05 Å². The summed E-state index contributed by atoms with van der Waals surface area (Å²) in [5, 5.41) is 13.7. The van der Waals surface area contributed by atoms with Gasteiger partial charge in [-0.25, -0.2) is 0 Å². The number of aliphatic hydroxyl groups is 1. The predicted octanol–water partition coefficient (Wildman–Crippen LogP) is 1.57. The molecule has 0 saturated carbocycles. The Labute approximate surface area is 89.0 Å². The third-order valence-electron chi connectivity index (χ3n) is 2.48. The molecule has 0 spiro atoms. The largest absolute Gasteiger partial charge is 0.463 e. The van der Waals surface area contributed by atoms with Gasteiger partial charge in [0.1, 0.15) is 11.5 Å². The second kappa shape index (κ2) is 3.24. The maximum Gasteiger partial charge on any atom is 0.438 e. The minimum Gasteiger partial charge on any atom is -0.463 e. The molecule has 1 N–H and O–H groups in total. The summed E-state index contributed by atoms with van der Waals surface area (Å²) in [6.45, 7) is 0. The Morgan fingerprint density at radius 1 is 1.56 bits per heavy atom. The van der Waals surface area contributed by atoms with Crippen LogP contribution in [0.25, 0.3) is 0 Å². The van der Waals surface area contributed by atoms with Gasteiger partial charge < -0.3 is 9.52 Å². The average Bonchev–Trinajstić information content (AvgIpc) is 2.74. The van der Waals surface area contributed by atoms with Gasteiger partial charge in [-0.1, -0.05) is 0 Å². The highest BCUT2D eigenvalue weighted by Gasteiger charge is 2.60. The number of hydrogen-bond acceptors (Lipinski definition) is 4. The van der Waals surface area contributed by atoms with Crippen LogP contribution in [-0.2, 0) is 0 Å². The Balaban J connectivity index is 2.29. The van der Waals surface area contributed by atoms with Gasteiger partial charge in [0.2, 0.25) is 0 Å². The molecule has 1 aliphatic heterocycles. The van der Waals surface area contributed by atoms with E-state index in [4.69, 9.17) is 4.42 Å². The van der Waals surface area contributed by atoms with Crippen molar-refractivity contribution < 1.29 is 22.7 Å². The van der Waals surface area contributed by atoms with Crippen molar-refractivity contribution in [3.63, 3.8) is 0 Å². The summed E-state index contributed by atoms with van der Waals surface area (Å²) in [6, 6.07) is 3.04. The minimum atomic E-state index is -4.76. The molecule has 0 saturated heterocycles. The Hall–Kier alpha value is -1.50. The van der Waals surface area contributed by atoms with Crippen LogP contribution in [0.1, 0.15) is 12.2 Å². The zero-order valence-electron chi connectivity index (χ0n) is 8.32. The lowest BCUT2D eigenvalue weighted by Gasteiger charge is -2.31. The molecule has 1 aliphatic rings.